The fourth-order valence-corrected chi connectivity index (χ4v) is 1.76. The summed E-state index contributed by atoms with van der Waals surface area (Å²) in [4.78, 5) is 10.8. The Labute approximate surface area is 110 Å². The molecular weight excluding hydrogens is 246 g/mol. The third-order valence-corrected chi connectivity index (χ3v) is 2.85. The van der Waals surface area contributed by atoms with E-state index in [1.807, 2.05) is 31.2 Å². The summed E-state index contributed by atoms with van der Waals surface area (Å²) in [7, 11) is 0. The van der Waals surface area contributed by atoms with Crippen LogP contribution in [-0.2, 0) is 4.79 Å². The molecule has 0 fully saturated rings. The number of tetrazole rings is 1. The van der Waals surface area contributed by atoms with E-state index in [0.29, 0.717) is 0 Å². The maximum absolute atomic E-state index is 10.8. The first-order valence-corrected chi connectivity index (χ1v) is 5.90. The van der Waals surface area contributed by atoms with Crippen molar-refractivity contribution in [3.05, 3.63) is 36.2 Å². The summed E-state index contributed by atoms with van der Waals surface area (Å²) in [6.45, 7) is 3.53. The van der Waals surface area contributed by atoms with Crippen LogP contribution in [0.4, 0.5) is 0 Å². The van der Waals surface area contributed by atoms with Crippen LogP contribution in [0.15, 0.2) is 30.6 Å². The van der Waals surface area contributed by atoms with Gasteiger partial charge in [0.2, 0.25) is 0 Å². The molecule has 0 bridgehead atoms. The van der Waals surface area contributed by atoms with Crippen LogP contribution in [0.5, 0.6) is 0 Å². The number of carboxylic acid groups (broad SMARTS) is 1. The van der Waals surface area contributed by atoms with Gasteiger partial charge in [0.25, 0.3) is 0 Å². The maximum Gasteiger partial charge on any atom is 0.320 e. The molecular formula is C12H15N5O2. The molecule has 7 heteroatoms. The predicted molar refractivity (Wildman–Crippen MR) is 67.8 cm³/mol. The van der Waals surface area contributed by atoms with E-state index < -0.39 is 12.0 Å². The summed E-state index contributed by atoms with van der Waals surface area (Å²) in [6, 6.07) is 6.93. The predicted octanol–water partition coefficient (Wildman–Crippen LogP) is 0.786. The van der Waals surface area contributed by atoms with Crippen LogP contribution in [-0.4, -0.2) is 37.3 Å². The lowest BCUT2D eigenvalue weighted by molar-refractivity contribution is -0.139. The lowest BCUT2D eigenvalue weighted by atomic mass is 10.1. The third-order valence-electron chi connectivity index (χ3n) is 2.85. The molecule has 2 N–H and O–H groups in total. The number of rotatable bonds is 5. The van der Waals surface area contributed by atoms with Crippen LogP contribution in [0.1, 0.15) is 25.5 Å². The molecule has 1 aromatic heterocycles. The summed E-state index contributed by atoms with van der Waals surface area (Å²) in [6.07, 6.45) is 1.51. The van der Waals surface area contributed by atoms with E-state index in [0.717, 1.165) is 11.3 Å². The summed E-state index contributed by atoms with van der Waals surface area (Å²) >= 11 is 0. The zero-order chi connectivity index (χ0) is 13.8. The van der Waals surface area contributed by atoms with E-state index in [-0.39, 0.29) is 6.04 Å². The second kappa shape index (κ2) is 5.57. The fourth-order valence-electron chi connectivity index (χ4n) is 1.76. The summed E-state index contributed by atoms with van der Waals surface area (Å²) in [5.74, 6) is -0.872. The number of carbonyl (C=O) groups is 1. The molecule has 7 nitrogen and oxygen atoms in total. The van der Waals surface area contributed by atoms with Gasteiger partial charge in [-0.15, -0.1) is 5.10 Å². The van der Waals surface area contributed by atoms with Gasteiger partial charge in [-0.2, -0.15) is 0 Å². The number of nitrogens with zero attached hydrogens (tertiary/aromatic N) is 4. The number of aliphatic carboxylic acids is 1. The molecule has 0 aliphatic carbocycles. The van der Waals surface area contributed by atoms with Crippen molar-refractivity contribution in [2.24, 2.45) is 0 Å². The van der Waals surface area contributed by atoms with Crippen LogP contribution in [0.3, 0.4) is 0 Å². The van der Waals surface area contributed by atoms with Gasteiger partial charge in [0.15, 0.2) is 0 Å². The van der Waals surface area contributed by atoms with E-state index in [4.69, 9.17) is 5.11 Å². The highest BCUT2D eigenvalue weighted by molar-refractivity contribution is 5.72. The average molecular weight is 261 g/mol. The number of carboxylic acids is 1. The van der Waals surface area contributed by atoms with Crippen LogP contribution in [0.2, 0.25) is 0 Å². The Balaban J connectivity index is 2.17. The average Bonchev–Trinajstić information content (AvgIpc) is 2.92. The van der Waals surface area contributed by atoms with Gasteiger partial charge in [-0.25, -0.2) is 4.68 Å². The SMILES string of the molecule is CC(NC(C)c1cccc(-n2cnnn2)c1)C(=O)O. The van der Waals surface area contributed by atoms with Crippen LogP contribution >= 0.6 is 0 Å². The van der Waals surface area contributed by atoms with Gasteiger partial charge in [-0.1, -0.05) is 12.1 Å². The zero-order valence-electron chi connectivity index (χ0n) is 10.7. The van der Waals surface area contributed by atoms with Gasteiger partial charge in [0.05, 0.1) is 5.69 Å². The highest BCUT2D eigenvalue weighted by atomic mass is 16.4. The molecule has 2 atom stereocenters. The third kappa shape index (κ3) is 3.14. The molecule has 2 rings (SSSR count). The number of hydrogen-bond donors (Lipinski definition) is 2. The van der Waals surface area contributed by atoms with Crippen LogP contribution in [0, 0.1) is 0 Å². The molecule has 2 unspecified atom stereocenters. The van der Waals surface area contributed by atoms with Crippen molar-refractivity contribution in [1.82, 2.24) is 25.5 Å². The van der Waals surface area contributed by atoms with Gasteiger partial charge in [-0.05, 0) is 42.0 Å². The fraction of sp³-hybridized carbons (Fsp3) is 0.333. The highest BCUT2D eigenvalue weighted by Crippen LogP contribution is 2.16. The monoisotopic (exact) mass is 261 g/mol. The first kappa shape index (κ1) is 13.2. The standard InChI is InChI=1S/C12H15N5O2/c1-8(14-9(2)12(18)19)10-4-3-5-11(6-10)17-7-13-15-16-17/h3-9,14H,1-2H3,(H,18,19). The molecule has 19 heavy (non-hydrogen) atoms. The van der Waals surface area contributed by atoms with Crippen molar-refractivity contribution in [2.45, 2.75) is 25.9 Å². The van der Waals surface area contributed by atoms with Crippen molar-refractivity contribution >= 4 is 5.97 Å². The van der Waals surface area contributed by atoms with Crippen molar-refractivity contribution in [3.8, 4) is 5.69 Å². The summed E-state index contributed by atoms with van der Waals surface area (Å²) < 4.78 is 1.55. The first-order chi connectivity index (χ1) is 9.08. The molecule has 0 aliphatic rings. The van der Waals surface area contributed by atoms with Crippen molar-refractivity contribution < 1.29 is 9.90 Å². The molecule has 0 saturated heterocycles. The molecule has 1 heterocycles. The maximum atomic E-state index is 10.8. The van der Waals surface area contributed by atoms with Gasteiger partial charge in [0, 0.05) is 6.04 Å². The minimum atomic E-state index is -0.872. The normalized spacial score (nSPS) is 14.0. The molecule has 0 radical (unpaired) electrons. The zero-order valence-corrected chi connectivity index (χ0v) is 10.7. The smallest absolute Gasteiger partial charge is 0.320 e. The number of benzene rings is 1. The number of hydrogen-bond acceptors (Lipinski definition) is 5. The molecule has 2 aromatic rings. The Morgan fingerprint density at radius 3 is 2.84 bits per heavy atom. The molecule has 0 spiro atoms. The van der Waals surface area contributed by atoms with E-state index in [1.54, 1.807) is 11.6 Å². The van der Waals surface area contributed by atoms with E-state index in [1.165, 1.54) is 6.33 Å². The largest absolute Gasteiger partial charge is 0.480 e. The Morgan fingerprint density at radius 2 is 2.21 bits per heavy atom. The van der Waals surface area contributed by atoms with E-state index in [9.17, 15) is 4.79 Å². The summed E-state index contributed by atoms with van der Waals surface area (Å²) in [5.41, 5.74) is 1.81. The molecule has 0 aliphatic heterocycles. The van der Waals surface area contributed by atoms with Gasteiger partial charge < -0.3 is 5.11 Å². The molecule has 0 saturated carbocycles. The lowest BCUT2D eigenvalue weighted by Gasteiger charge is -2.18. The summed E-state index contributed by atoms with van der Waals surface area (Å²) in [5, 5.41) is 22.9. The van der Waals surface area contributed by atoms with E-state index in [2.05, 4.69) is 20.8 Å². The first-order valence-electron chi connectivity index (χ1n) is 5.90. The van der Waals surface area contributed by atoms with Gasteiger partial charge in [-0.3, -0.25) is 10.1 Å². The van der Waals surface area contributed by atoms with Gasteiger partial charge in [0.1, 0.15) is 12.4 Å². The van der Waals surface area contributed by atoms with Crippen LogP contribution in [0.25, 0.3) is 5.69 Å². The highest BCUT2D eigenvalue weighted by Gasteiger charge is 2.15. The molecule has 0 amide bonds. The minimum Gasteiger partial charge on any atom is -0.480 e. The lowest BCUT2D eigenvalue weighted by Crippen LogP contribution is -2.35. The van der Waals surface area contributed by atoms with Crippen molar-refractivity contribution in [2.75, 3.05) is 0 Å². The Kier molecular flexibility index (Phi) is 3.86. The quantitative estimate of drug-likeness (QED) is 0.826. The second-order valence-corrected chi connectivity index (χ2v) is 4.30. The van der Waals surface area contributed by atoms with Gasteiger partial charge >= 0.3 is 5.97 Å². The second-order valence-electron chi connectivity index (χ2n) is 4.30. The molecule has 1 aromatic carbocycles. The van der Waals surface area contributed by atoms with Crippen LogP contribution < -0.4 is 5.32 Å². The van der Waals surface area contributed by atoms with Crippen molar-refractivity contribution in [3.63, 3.8) is 0 Å². The van der Waals surface area contributed by atoms with E-state index >= 15 is 0 Å². The number of aromatic nitrogens is 4. The minimum absolute atomic E-state index is 0.0810. The Hall–Kier alpha value is -2.28. The number of nitrogens with one attached hydrogen (secondary N) is 1. The molecule has 100 valence electrons. The Bertz CT molecular complexity index is 555. The van der Waals surface area contributed by atoms with Crippen molar-refractivity contribution in [1.29, 1.82) is 0 Å². The Morgan fingerprint density at radius 1 is 1.42 bits per heavy atom. The topological polar surface area (TPSA) is 92.9 Å².